The lowest BCUT2D eigenvalue weighted by molar-refractivity contribution is 0.405. The van der Waals surface area contributed by atoms with Crippen molar-refractivity contribution in [1.29, 1.82) is 0 Å². The van der Waals surface area contributed by atoms with Crippen LogP contribution in [0.5, 0.6) is 5.75 Å². The van der Waals surface area contributed by atoms with E-state index in [1.54, 1.807) is 25.5 Å². The predicted octanol–water partition coefficient (Wildman–Crippen LogP) is 3.85. The summed E-state index contributed by atoms with van der Waals surface area (Å²) in [5.74, 6) is 3.32. The fourth-order valence-electron chi connectivity index (χ4n) is 2.10. The zero-order valence-corrected chi connectivity index (χ0v) is 16.0. The number of para-hydroxylation sites is 1. The standard InChI is InChI=1S/C18H25N3OS2/c1-14(13-24-17-9-5-4-8-16(17)22-3)11-20-18(19-2)21-12-15-7-6-10-23-15/h4-10,14H,11-13H2,1-3H3,(H2,19,20,21). The summed E-state index contributed by atoms with van der Waals surface area (Å²) < 4.78 is 5.40. The van der Waals surface area contributed by atoms with Gasteiger partial charge in [0.2, 0.25) is 0 Å². The lowest BCUT2D eigenvalue weighted by atomic mass is 10.2. The number of benzene rings is 1. The van der Waals surface area contributed by atoms with E-state index in [9.17, 15) is 0 Å². The van der Waals surface area contributed by atoms with Crippen LogP contribution >= 0.6 is 23.1 Å². The fraction of sp³-hybridized carbons (Fsp3) is 0.389. The van der Waals surface area contributed by atoms with Crippen LogP contribution in [0, 0.1) is 5.92 Å². The molecule has 0 spiro atoms. The van der Waals surface area contributed by atoms with E-state index < -0.39 is 0 Å². The van der Waals surface area contributed by atoms with E-state index in [2.05, 4.69) is 46.1 Å². The van der Waals surface area contributed by atoms with Crippen molar-refractivity contribution in [3.05, 3.63) is 46.7 Å². The average molecular weight is 364 g/mol. The molecular weight excluding hydrogens is 338 g/mol. The topological polar surface area (TPSA) is 45.7 Å². The Morgan fingerprint density at radius 3 is 2.79 bits per heavy atom. The Morgan fingerprint density at radius 1 is 1.25 bits per heavy atom. The van der Waals surface area contributed by atoms with Gasteiger partial charge in [0.1, 0.15) is 5.75 Å². The summed E-state index contributed by atoms with van der Waals surface area (Å²) in [5, 5.41) is 8.82. The molecule has 2 N–H and O–H groups in total. The molecule has 0 saturated carbocycles. The Kier molecular flexibility index (Phi) is 7.98. The van der Waals surface area contributed by atoms with Crippen molar-refractivity contribution in [3.8, 4) is 5.75 Å². The number of thioether (sulfide) groups is 1. The van der Waals surface area contributed by atoms with Gasteiger partial charge in [0, 0.05) is 29.1 Å². The molecular formula is C18H25N3OS2. The molecule has 1 atom stereocenters. The summed E-state index contributed by atoms with van der Waals surface area (Å²) in [5.41, 5.74) is 0. The van der Waals surface area contributed by atoms with E-state index in [1.165, 1.54) is 9.77 Å². The Hall–Kier alpha value is -1.66. The van der Waals surface area contributed by atoms with Crippen molar-refractivity contribution in [2.24, 2.45) is 10.9 Å². The Labute approximate surface area is 152 Å². The highest BCUT2D eigenvalue weighted by Gasteiger charge is 2.08. The number of methoxy groups -OCH3 is 1. The molecule has 4 nitrogen and oxygen atoms in total. The van der Waals surface area contributed by atoms with Crippen molar-refractivity contribution in [3.63, 3.8) is 0 Å². The average Bonchev–Trinajstić information content (AvgIpc) is 3.13. The maximum atomic E-state index is 5.40. The minimum atomic E-state index is 0.514. The minimum absolute atomic E-state index is 0.514. The molecule has 0 bridgehead atoms. The predicted molar refractivity (Wildman–Crippen MR) is 105 cm³/mol. The second-order valence-corrected chi connectivity index (χ2v) is 7.55. The first-order chi connectivity index (χ1) is 11.7. The third-order valence-corrected chi connectivity index (χ3v) is 5.70. The molecule has 0 aliphatic rings. The molecule has 130 valence electrons. The Bertz CT molecular complexity index is 629. The first-order valence-corrected chi connectivity index (χ1v) is 9.82. The van der Waals surface area contributed by atoms with Gasteiger partial charge < -0.3 is 15.4 Å². The molecule has 0 fully saturated rings. The summed E-state index contributed by atoms with van der Waals surface area (Å²) >= 11 is 3.58. The van der Waals surface area contributed by atoms with Crippen LogP contribution in [0.1, 0.15) is 11.8 Å². The number of hydrogen-bond acceptors (Lipinski definition) is 4. The van der Waals surface area contributed by atoms with E-state index in [1.807, 2.05) is 30.0 Å². The molecule has 1 aromatic heterocycles. The molecule has 0 radical (unpaired) electrons. The lowest BCUT2D eigenvalue weighted by Crippen LogP contribution is -2.39. The second kappa shape index (κ2) is 10.3. The number of nitrogens with one attached hydrogen (secondary N) is 2. The van der Waals surface area contributed by atoms with Gasteiger partial charge in [-0.1, -0.05) is 25.1 Å². The van der Waals surface area contributed by atoms with Crippen molar-refractivity contribution in [1.82, 2.24) is 10.6 Å². The van der Waals surface area contributed by atoms with Crippen LogP contribution in [0.4, 0.5) is 0 Å². The zero-order valence-electron chi connectivity index (χ0n) is 14.4. The van der Waals surface area contributed by atoms with Gasteiger partial charge in [-0.3, -0.25) is 4.99 Å². The van der Waals surface area contributed by atoms with Gasteiger partial charge in [0.05, 0.1) is 13.7 Å². The van der Waals surface area contributed by atoms with Crippen LogP contribution in [0.25, 0.3) is 0 Å². The molecule has 0 saturated heterocycles. The molecule has 0 aliphatic heterocycles. The van der Waals surface area contributed by atoms with Crippen molar-refractivity contribution >= 4 is 29.1 Å². The molecule has 2 aromatic rings. The molecule has 0 aliphatic carbocycles. The summed E-state index contributed by atoms with van der Waals surface area (Å²) in [6, 6.07) is 12.3. The first kappa shape index (κ1) is 18.7. The number of ether oxygens (including phenoxy) is 1. The largest absolute Gasteiger partial charge is 0.496 e. The molecule has 24 heavy (non-hydrogen) atoms. The second-order valence-electron chi connectivity index (χ2n) is 5.45. The van der Waals surface area contributed by atoms with Crippen molar-refractivity contribution in [2.45, 2.75) is 18.4 Å². The molecule has 1 heterocycles. The maximum Gasteiger partial charge on any atom is 0.191 e. The van der Waals surface area contributed by atoms with E-state index in [4.69, 9.17) is 4.74 Å². The van der Waals surface area contributed by atoms with Crippen molar-refractivity contribution < 1.29 is 4.74 Å². The number of guanidine groups is 1. The van der Waals surface area contributed by atoms with Gasteiger partial charge in [-0.2, -0.15) is 0 Å². The quantitative estimate of drug-likeness (QED) is 0.425. The summed E-state index contributed by atoms with van der Waals surface area (Å²) in [6.45, 7) is 3.93. The van der Waals surface area contributed by atoms with Crippen LogP contribution in [-0.4, -0.2) is 32.4 Å². The van der Waals surface area contributed by atoms with Gasteiger partial charge in [0.25, 0.3) is 0 Å². The smallest absolute Gasteiger partial charge is 0.191 e. The van der Waals surface area contributed by atoms with Crippen molar-refractivity contribution in [2.75, 3.05) is 26.5 Å². The SMILES string of the molecule is CN=C(NCc1cccs1)NCC(C)CSc1ccccc1OC. The molecule has 1 aromatic carbocycles. The van der Waals surface area contributed by atoms with E-state index in [-0.39, 0.29) is 0 Å². The normalized spacial score (nSPS) is 12.7. The summed E-state index contributed by atoms with van der Waals surface area (Å²) in [6.07, 6.45) is 0. The fourth-order valence-corrected chi connectivity index (χ4v) is 3.80. The summed E-state index contributed by atoms with van der Waals surface area (Å²) in [7, 11) is 3.52. The van der Waals surface area contributed by atoms with Crippen LogP contribution in [0.3, 0.4) is 0 Å². The third kappa shape index (κ3) is 6.09. The molecule has 2 rings (SSSR count). The van der Waals surface area contributed by atoms with Gasteiger partial charge in [0.15, 0.2) is 5.96 Å². The molecule has 0 amide bonds. The van der Waals surface area contributed by atoms with Gasteiger partial charge in [-0.05, 0) is 29.5 Å². The van der Waals surface area contributed by atoms with Crippen LogP contribution in [0.15, 0.2) is 51.7 Å². The Balaban J connectivity index is 1.72. The van der Waals surface area contributed by atoms with Crippen LogP contribution in [-0.2, 0) is 6.54 Å². The zero-order chi connectivity index (χ0) is 17.2. The highest BCUT2D eigenvalue weighted by Crippen LogP contribution is 2.29. The number of aliphatic imine (C=N–C) groups is 1. The van der Waals surface area contributed by atoms with Crippen LogP contribution < -0.4 is 15.4 Å². The third-order valence-electron chi connectivity index (χ3n) is 3.44. The number of hydrogen-bond donors (Lipinski definition) is 2. The van der Waals surface area contributed by atoms with E-state index in [0.29, 0.717) is 5.92 Å². The van der Waals surface area contributed by atoms with Gasteiger partial charge >= 0.3 is 0 Å². The van der Waals surface area contributed by atoms with Gasteiger partial charge in [-0.15, -0.1) is 23.1 Å². The monoisotopic (exact) mass is 363 g/mol. The number of thiophene rings is 1. The highest BCUT2D eigenvalue weighted by molar-refractivity contribution is 7.99. The number of nitrogens with zero attached hydrogens (tertiary/aromatic N) is 1. The first-order valence-electron chi connectivity index (χ1n) is 7.95. The summed E-state index contributed by atoms with van der Waals surface area (Å²) in [4.78, 5) is 6.77. The highest BCUT2D eigenvalue weighted by atomic mass is 32.2. The number of rotatable bonds is 8. The minimum Gasteiger partial charge on any atom is -0.496 e. The van der Waals surface area contributed by atoms with E-state index >= 15 is 0 Å². The van der Waals surface area contributed by atoms with Crippen LogP contribution in [0.2, 0.25) is 0 Å². The van der Waals surface area contributed by atoms with E-state index in [0.717, 1.165) is 30.6 Å². The maximum absolute atomic E-state index is 5.40. The Morgan fingerprint density at radius 2 is 2.08 bits per heavy atom. The molecule has 1 unspecified atom stereocenters. The lowest BCUT2D eigenvalue weighted by Gasteiger charge is -2.16. The molecule has 6 heteroatoms. The van der Waals surface area contributed by atoms with Gasteiger partial charge in [-0.25, -0.2) is 0 Å².